The lowest BCUT2D eigenvalue weighted by molar-refractivity contribution is -0.297. The van der Waals surface area contributed by atoms with Gasteiger partial charge < -0.3 is 15.2 Å². The van der Waals surface area contributed by atoms with Crippen molar-refractivity contribution in [1.82, 2.24) is 0 Å². The SMILES string of the molecule is O=C([O-])/C=C\C(=O)Nc1cc(C(F)(F)F)ccc1Cl. The second-order valence-corrected chi connectivity index (χ2v) is 3.74. The second-order valence-electron chi connectivity index (χ2n) is 3.33. The zero-order valence-corrected chi connectivity index (χ0v) is 9.88. The molecule has 4 nitrogen and oxygen atoms in total. The molecule has 19 heavy (non-hydrogen) atoms. The lowest BCUT2D eigenvalue weighted by atomic mass is 10.2. The van der Waals surface area contributed by atoms with Crippen molar-refractivity contribution in [3.8, 4) is 0 Å². The monoisotopic (exact) mass is 292 g/mol. The number of aliphatic carboxylic acids is 1. The largest absolute Gasteiger partial charge is 0.545 e. The Hall–Kier alpha value is -2.02. The number of rotatable bonds is 3. The summed E-state index contributed by atoms with van der Waals surface area (Å²) in [5, 5.41) is 12.0. The smallest absolute Gasteiger partial charge is 0.416 e. The van der Waals surface area contributed by atoms with Gasteiger partial charge in [-0.05, 0) is 24.3 Å². The predicted molar refractivity (Wildman–Crippen MR) is 59.2 cm³/mol. The average Bonchev–Trinajstić information content (AvgIpc) is 2.28. The van der Waals surface area contributed by atoms with E-state index in [1.54, 1.807) is 0 Å². The van der Waals surface area contributed by atoms with Crippen LogP contribution in [0.25, 0.3) is 0 Å². The van der Waals surface area contributed by atoms with Crippen molar-refractivity contribution in [3.63, 3.8) is 0 Å². The minimum atomic E-state index is -4.58. The summed E-state index contributed by atoms with van der Waals surface area (Å²) in [6.45, 7) is 0. The Morgan fingerprint density at radius 1 is 1.26 bits per heavy atom. The Morgan fingerprint density at radius 3 is 2.42 bits per heavy atom. The third-order valence-corrected chi connectivity index (χ3v) is 2.25. The van der Waals surface area contributed by atoms with E-state index in [1.165, 1.54) is 0 Å². The van der Waals surface area contributed by atoms with Crippen molar-refractivity contribution < 1.29 is 27.9 Å². The van der Waals surface area contributed by atoms with Gasteiger partial charge in [-0.1, -0.05) is 11.6 Å². The fourth-order valence-electron chi connectivity index (χ4n) is 1.12. The van der Waals surface area contributed by atoms with Gasteiger partial charge in [-0.15, -0.1) is 0 Å². The number of amides is 1. The van der Waals surface area contributed by atoms with E-state index in [2.05, 4.69) is 0 Å². The first-order valence-corrected chi connectivity index (χ1v) is 5.14. The van der Waals surface area contributed by atoms with Gasteiger partial charge in [-0.3, -0.25) is 4.79 Å². The van der Waals surface area contributed by atoms with Crippen LogP contribution in [0.3, 0.4) is 0 Å². The number of nitrogens with one attached hydrogen (secondary N) is 1. The van der Waals surface area contributed by atoms with E-state index in [0.29, 0.717) is 18.2 Å². The van der Waals surface area contributed by atoms with Crippen LogP contribution in [0, 0.1) is 0 Å². The van der Waals surface area contributed by atoms with Crippen molar-refractivity contribution in [2.75, 3.05) is 5.32 Å². The Bertz CT molecular complexity index is 540. The molecular formula is C11H6ClF3NO3-. The molecule has 0 unspecified atom stereocenters. The van der Waals surface area contributed by atoms with Crippen LogP contribution in [0.4, 0.5) is 18.9 Å². The minimum Gasteiger partial charge on any atom is -0.545 e. The molecule has 102 valence electrons. The number of halogens is 4. The molecule has 0 saturated carbocycles. The van der Waals surface area contributed by atoms with Gasteiger partial charge in [0.25, 0.3) is 0 Å². The number of hydrogen-bond donors (Lipinski definition) is 1. The molecule has 0 aromatic heterocycles. The topological polar surface area (TPSA) is 69.2 Å². The maximum absolute atomic E-state index is 12.4. The molecule has 0 aliphatic rings. The van der Waals surface area contributed by atoms with Gasteiger partial charge >= 0.3 is 6.18 Å². The Labute approximate surface area is 110 Å². The minimum absolute atomic E-state index is 0.108. The number of benzene rings is 1. The number of carbonyl (C=O) groups excluding carboxylic acids is 2. The molecule has 1 amide bonds. The molecule has 0 heterocycles. The van der Waals surface area contributed by atoms with Crippen LogP contribution in [-0.4, -0.2) is 11.9 Å². The van der Waals surface area contributed by atoms with Crippen molar-refractivity contribution in [2.45, 2.75) is 6.18 Å². The number of carboxylic acid groups (broad SMARTS) is 1. The van der Waals surface area contributed by atoms with Crippen molar-refractivity contribution in [1.29, 1.82) is 0 Å². The quantitative estimate of drug-likeness (QED) is 0.860. The molecule has 1 N–H and O–H groups in total. The summed E-state index contributed by atoms with van der Waals surface area (Å²) in [4.78, 5) is 21.3. The Morgan fingerprint density at radius 2 is 1.89 bits per heavy atom. The van der Waals surface area contributed by atoms with Crippen molar-refractivity contribution in [3.05, 3.63) is 40.9 Å². The standard InChI is InChI=1S/C11H7ClF3NO3/c12-7-2-1-6(11(13,14)15)5-8(7)16-9(17)3-4-10(18)19/h1-5H,(H,16,17)(H,18,19)/p-1/b4-3-. The van der Waals surface area contributed by atoms with E-state index in [4.69, 9.17) is 11.6 Å². The van der Waals surface area contributed by atoms with Crippen molar-refractivity contribution in [2.24, 2.45) is 0 Å². The summed E-state index contributed by atoms with van der Waals surface area (Å²) in [6, 6.07) is 2.38. The van der Waals surface area contributed by atoms with E-state index in [0.717, 1.165) is 12.1 Å². The molecule has 0 fully saturated rings. The van der Waals surface area contributed by atoms with Crippen LogP contribution in [0.15, 0.2) is 30.4 Å². The molecule has 1 aromatic rings. The summed E-state index contributed by atoms with van der Waals surface area (Å²) in [5.74, 6) is -2.55. The molecule has 0 spiro atoms. The molecule has 0 bridgehead atoms. The third kappa shape index (κ3) is 4.63. The maximum Gasteiger partial charge on any atom is 0.416 e. The first-order valence-electron chi connectivity index (χ1n) is 4.77. The summed E-state index contributed by atoms with van der Waals surface area (Å²) in [6.07, 6.45) is -3.53. The third-order valence-electron chi connectivity index (χ3n) is 1.92. The Kier molecular flexibility index (Phi) is 4.55. The normalized spacial score (nSPS) is 11.6. The van der Waals surface area contributed by atoms with Gasteiger partial charge in [-0.25, -0.2) is 0 Å². The predicted octanol–water partition coefficient (Wildman–Crippen LogP) is 1.60. The zero-order chi connectivity index (χ0) is 14.6. The molecule has 0 aliphatic carbocycles. The van der Waals surface area contributed by atoms with Crippen LogP contribution in [0.1, 0.15) is 5.56 Å². The van der Waals surface area contributed by atoms with E-state index in [-0.39, 0.29) is 10.7 Å². The van der Waals surface area contributed by atoms with E-state index in [9.17, 15) is 27.9 Å². The van der Waals surface area contributed by atoms with Gasteiger partial charge in [0.05, 0.1) is 22.2 Å². The van der Waals surface area contributed by atoms with Crippen LogP contribution < -0.4 is 10.4 Å². The first-order chi connectivity index (χ1) is 8.70. The molecule has 8 heteroatoms. The fraction of sp³-hybridized carbons (Fsp3) is 0.0909. The molecule has 1 rings (SSSR count). The van der Waals surface area contributed by atoms with Crippen molar-refractivity contribution >= 4 is 29.2 Å². The number of hydrogen-bond acceptors (Lipinski definition) is 3. The molecule has 0 radical (unpaired) electrons. The Balaban J connectivity index is 2.95. The lowest BCUT2D eigenvalue weighted by Crippen LogP contribution is -2.20. The lowest BCUT2D eigenvalue weighted by Gasteiger charge is -2.10. The van der Waals surface area contributed by atoms with Gasteiger partial charge in [-0.2, -0.15) is 13.2 Å². The van der Waals surface area contributed by atoms with Gasteiger partial charge in [0, 0.05) is 6.08 Å². The highest BCUT2D eigenvalue weighted by atomic mass is 35.5. The average molecular weight is 293 g/mol. The van der Waals surface area contributed by atoms with Crippen LogP contribution in [-0.2, 0) is 15.8 Å². The van der Waals surface area contributed by atoms with E-state index < -0.39 is 23.6 Å². The second kappa shape index (κ2) is 5.75. The van der Waals surface area contributed by atoms with Crippen LogP contribution in [0.2, 0.25) is 5.02 Å². The summed E-state index contributed by atoms with van der Waals surface area (Å²) in [7, 11) is 0. The number of anilines is 1. The zero-order valence-electron chi connectivity index (χ0n) is 9.12. The summed E-state index contributed by atoms with van der Waals surface area (Å²) < 4.78 is 37.3. The van der Waals surface area contributed by atoms with Crippen LogP contribution in [0.5, 0.6) is 0 Å². The fourth-order valence-corrected chi connectivity index (χ4v) is 1.28. The first kappa shape index (κ1) is 15.0. The van der Waals surface area contributed by atoms with E-state index in [1.807, 2.05) is 5.32 Å². The van der Waals surface area contributed by atoms with Gasteiger partial charge in [0.2, 0.25) is 5.91 Å². The number of alkyl halides is 3. The highest BCUT2D eigenvalue weighted by Crippen LogP contribution is 2.33. The van der Waals surface area contributed by atoms with Gasteiger partial charge in [0.15, 0.2) is 0 Å². The molecule has 0 saturated heterocycles. The molecule has 1 aromatic carbocycles. The highest BCUT2D eigenvalue weighted by Gasteiger charge is 2.31. The number of carbonyl (C=O) groups is 2. The van der Waals surface area contributed by atoms with E-state index >= 15 is 0 Å². The maximum atomic E-state index is 12.4. The highest BCUT2D eigenvalue weighted by molar-refractivity contribution is 6.33. The van der Waals surface area contributed by atoms with Gasteiger partial charge in [0.1, 0.15) is 0 Å². The molecule has 0 atom stereocenters. The molecular weight excluding hydrogens is 287 g/mol. The summed E-state index contributed by atoms with van der Waals surface area (Å²) in [5.41, 5.74) is -1.26. The molecule has 0 aliphatic heterocycles. The summed E-state index contributed by atoms with van der Waals surface area (Å²) >= 11 is 5.62. The van der Waals surface area contributed by atoms with Crippen LogP contribution >= 0.6 is 11.6 Å². The number of carboxylic acids is 1.